The number of hydrogen-bond acceptors (Lipinski definition) is 3. The van der Waals surface area contributed by atoms with Crippen LogP contribution >= 0.6 is 0 Å². The molecule has 0 spiro atoms. The van der Waals surface area contributed by atoms with E-state index in [1.807, 2.05) is 13.0 Å². The Labute approximate surface area is 101 Å². The molecule has 1 aromatic carbocycles. The highest BCUT2D eigenvalue weighted by Gasteiger charge is 2.49. The van der Waals surface area contributed by atoms with Gasteiger partial charge in [-0.2, -0.15) is 0 Å². The smallest absolute Gasteiger partial charge is 0.247 e. The Morgan fingerprint density at radius 3 is 2.41 bits per heavy atom. The summed E-state index contributed by atoms with van der Waals surface area (Å²) in [7, 11) is -3.53. The first-order valence-electron chi connectivity index (χ1n) is 5.38. The summed E-state index contributed by atoms with van der Waals surface area (Å²) in [5, 5.41) is 0. The molecule has 0 aromatic heterocycles. The summed E-state index contributed by atoms with van der Waals surface area (Å²) < 4.78 is 24.9. The highest BCUT2D eigenvalue weighted by atomic mass is 32.2. The van der Waals surface area contributed by atoms with Crippen LogP contribution in [0, 0.1) is 12.3 Å². The average Bonchev–Trinajstić information content (AvgIpc) is 2.31. The third-order valence-electron chi connectivity index (χ3n) is 2.82. The van der Waals surface area contributed by atoms with E-state index in [0.29, 0.717) is 5.69 Å². The lowest BCUT2D eigenvalue weighted by Gasteiger charge is -2.17. The lowest BCUT2D eigenvalue weighted by Crippen LogP contribution is -2.32. The highest BCUT2D eigenvalue weighted by molar-refractivity contribution is 7.94. The van der Waals surface area contributed by atoms with Gasteiger partial charge in [-0.25, -0.2) is 12.7 Å². The molecule has 1 aliphatic heterocycles. The molecule has 0 N–H and O–H groups in total. The van der Waals surface area contributed by atoms with Gasteiger partial charge in [-0.1, -0.05) is 12.1 Å². The number of aryl methyl sites for hydroxylation is 1. The molecule has 0 unspecified atom stereocenters. The largest absolute Gasteiger partial charge is 0.273 e. The van der Waals surface area contributed by atoms with Gasteiger partial charge in [-0.15, -0.1) is 0 Å². The van der Waals surface area contributed by atoms with Crippen molar-refractivity contribution in [2.75, 3.05) is 10.1 Å². The molecular formula is C12H15NO3S. The molecule has 17 heavy (non-hydrogen) atoms. The van der Waals surface area contributed by atoms with Crippen molar-refractivity contribution in [2.45, 2.75) is 20.8 Å². The second-order valence-corrected chi connectivity index (χ2v) is 6.87. The fourth-order valence-electron chi connectivity index (χ4n) is 2.02. The number of sulfonamides is 1. The van der Waals surface area contributed by atoms with Crippen LogP contribution in [0.4, 0.5) is 5.69 Å². The van der Waals surface area contributed by atoms with Crippen molar-refractivity contribution in [1.82, 2.24) is 0 Å². The molecule has 0 bridgehead atoms. The molecule has 1 saturated heterocycles. The van der Waals surface area contributed by atoms with Crippen LogP contribution in [0.3, 0.4) is 0 Å². The fraction of sp³-hybridized carbons (Fsp3) is 0.417. The number of hydrogen-bond donors (Lipinski definition) is 0. The summed E-state index contributed by atoms with van der Waals surface area (Å²) in [5.41, 5.74) is 0.513. The zero-order chi connectivity index (χ0) is 12.8. The van der Waals surface area contributed by atoms with E-state index in [-0.39, 0.29) is 11.7 Å². The van der Waals surface area contributed by atoms with Gasteiger partial charge in [0.2, 0.25) is 15.9 Å². The molecule has 0 radical (unpaired) electrons. The van der Waals surface area contributed by atoms with Crippen LogP contribution < -0.4 is 4.31 Å². The first-order chi connectivity index (χ1) is 7.74. The monoisotopic (exact) mass is 253 g/mol. The summed E-state index contributed by atoms with van der Waals surface area (Å²) in [6, 6.07) is 6.96. The van der Waals surface area contributed by atoms with Gasteiger partial charge in [0.1, 0.15) is 0 Å². The number of carbonyl (C=O) groups is 1. The molecule has 1 aromatic rings. The van der Waals surface area contributed by atoms with Gasteiger partial charge in [0.25, 0.3) is 0 Å². The van der Waals surface area contributed by atoms with Crippen molar-refractivity contribution < 1.29 is 13.2 Å². The maximum absolute atomic E-state index is 12.1. The molecule has 92 valence electrons. The van der Waals surface area contributed by atoms with Crippen molar-refractivity contribution in [1.29, 1.82) is 0 Å². The molecule has 4 nitrogen and oxygen atoms in total. The van der Waals surface area contributed by atoms with Gasteiger partial charge in [-0.3, -0.25) is 4.79 Å². The number of rotatable bonds is 1. The quantitative estimate of drug-likeness (QED) is 0.765. The van der Waals surface area contributed by atoms with Crippen molar-refractivity contribution in [2.24, 2.45) is 5.41 Å². The zero-order valence-electron chi connectivity index (χ0n) is 10.1. The lowest BCUT2D eigenvalue weighted by molar-refractivity contribution is -0.123. The predicted molar refractivity (Wildman–Crippen MR) is 66.2 cm³/mol. The fourth-order valence-corrected chi connectivity index (χ4v) is 4.11. The van der Waals surface area contributed by atoms with Crippen molar-refractivity contribution in [3.05, 3.63) is 29.8 Å². The molecule has 1 heterocycles. The van der Waals surface area contributed by atoms with Crippen LogP contribution in [0.25, 0.3) is 0 Å². The minimum atomic E-state index is -3.53. The van der Waals surface area contributed by atoms with E-state index in [1.165, 1.54) is 0 Å². The Morgan fingerprint density at radius 2 is 1.94 bits per heavy atom. The maximum Gasteiger partial charge on any atom is 0.247 e. The highest BCUT2D eigenvalue weighted by Crippen LogP contribution is 2.35. The van der Waals surface area contributed by atoms with E-state index in [4.69, 9.17) is 0 Å². The molecule has 1 aliphatic rings. The summed E-state index contributed by atoms with van der Waals surface area (Å²) in [6.45, 7) is 5.17. The van der Waals surface area contributed by atoms with Gasteiger partial charge in [-0.05, 0) is 38.5 Å². The van der Waals surface area contributed by atoms with Crippen LogP contribution in [-0.2, 0) is 14.8 Å². The normalized spacial score (nSPS) is 21.8. The van der Waals surface area contributed by atoms with E-state index in [1.54, 1.807) is 32.0 Å². The van der Waals surface area contributed by atoms with Crippen LogP contribution in [-0.4, -0.2) is 20.1 Å². The van der Waals surface area contributed by atoms with E-state index >= 15 is 0 Å². The Balaban J connectivity index is 2.56. The maximum atomic E-state index is 12.1. The minimum absolute atomic E-state index is 0.132. The van der Waals surface area contributed by atoms with Crippen LogP contribution in [0.15, 0.2) is 24.3 Å². The number of benzene rings is 1. The van der Waals surface area contributed by atoms with Crippen molar-refractivity contribution in [3.8, 4) is 0 Å². The molecule has 0 aliphatic carbocycles. The molecule has 1 amide bonds. The minimum Gasteiger partial charge on any atom is -0.273 e. The number of amides is 1. The first kappa shape index (κ1) is 12.1. The molecule has 5 heteroatoms. The third-order valence-corrected chi connectivity index (χ3v) is 4.84. The van der Waals surface area contributed by atoms with Crippen LogP contribution in [0.5, 0.6) is 0 Å². The van der Waals surface area contributed by atoms with Crippen LogP contribution in [0.1, 0.15) is 19.4 Å². The first-order valence-corrected chi connectivity index (χ1v) is 6.99. The molecule has 2 rings (SSSR count). The van der Waals surface area contributed by atoms with Crippen molar-refractivity contribution >= 4 is 21.6 Å². The van der Waals surface area contributed by atoms with Gasteiger partial charge in [0.05, 0.1) is 16.9 Å². The Morgan fingerprint density at radius 1 is 1.29 bits per heavy atom. The van der Waals surface area contributed by atoms with Crippen LogP contribution in [0.2, 0.25) is 0 Å². The summed E-state index contributed by atoms with van der Waals surface area (Å²) in [5.74, 6) is -0.490. The Hall–Kier alpha value is -1.36. The molecule has 1 fully saturated rings. The number of nitrogens with zero attached hydrogens (tertiary/aromatic N) is 1. The molecule has 0 atom stereocenters. The SMILES string of the molecule is Cc1cccc(N2C(=O)C(C)(C)CS2(=O)=O)c1. The number of carbonyl (C=O) groups excluding carboxylic acids is 1. The van der Waals surface area contributed by atoms with E-state index in [9.17, 15) is 13.2 Å². The summed E-state index contributed by atoms with van der Waals surface area (Å²) >= 11 is 0. The Bertz CT molecular complexity index is 575. The molecular weight excluding hydrogens is 238 g/mol. The van der Waals surface area contributed by atoms with Gasteiger partial charge in [0, 0.05) is 0 Å². The summed E-state index contributed by atoms with van der Waals surface area (Å²) in [6.07, 6.45) is 0. The number of anilines is 1. The standard InChI is InChI=1S/C12H15NO3S/c1-9-5-4-6-10(7-9)13-11(14)12(2,3)8-17(13,15)16/h4-7H,8H2,1-3H3. The van der Waals surface area contributed by atoms with E-state index in [2.05, 4.69) is 0 Å². The van der Waals surface area contributed by atoms with Gasteiger partial charge in [0.15, 0.2) is 0 Å². The van der Waals surface area contributed by atoms with E-state index < -0.39 is 15.4 Å². The second kappa shape index (κ2) is 3.57. The van der Waals surface area contributed by atoms with Gasteiger partial charge < -0.3 is 0 Å². The van der Waals surface area contributed by atoms with Crippen molar-refractivity contribution in [3.63, 3.8) is 0 Å². The topological polar surface area (TPSA) is 54.5 Å². The predicted octanol–water partition coefficient (Wildman–Crippen LogP) is 1.70. The Kier molecular flexibility index (Phi) is 2.54. The zero-order valence-corrected chi connectivity index (χ0v) is 10.9. The average molecular weight is 253 g/mol. The van der Waals surface area contributed by atoms with E-state index in [0.717, 1.165) is 9.87 Å². The summed E-state index contributed by atoms with van der Waals surface area (Å²) in [4.78, 5) is 12.1. The van der Waals surface area contributed by atoms with Gasteiger partial charge >= 0.3 is 0 Å². The molecule has 0 saturated carbocycles. The third kappa shape index (κ3) is 1.95. The lowest BCUT2D eigenvalue weighted by atomic mass is 9.95. The second-order valence-electron chi connectivity index (χ2n) is 5.05.